The molecule has 1 atom stereocenters. The predicted octanol–water partition coefficient (Wildman–Crippen LogP) is 5.82. The van der Waals surface area contributed by atoms with Crippen molar-refractivity contribution in [1.29, 1.82) is 0 Å². The molecule has 0 aliphatic heterocycles. The molecule has 0 bridgehead atoms. The molecule has 0 aliphatic rings. The first-order valence-corrected chi connectivity index (χ1v) is 10.6. The molecule has 0 radical (unpaired) electrons. The lowest BCUT2D eigenvalue weighted by atomic mass is 9.97. The van der Waals surface area contributed by atoms with Crippen LogP contribution in [0.3, 0.4) is 0 Å². The molecular formula is C27H27NO4. The summed E-state index contributed by atoms with van der Waals surface area (Å²) in [5, 5.41) is 6.24. The first-order chi connectivity index (χ1) is 15.5. The van der Waals surface area contributed by atoms with E-state index in [1.54, 1.807) is 26.6 Å². The lowest BCUT2D eigenvalue weighted by Gasteiger charge is -2.13. The molecule has 0 spiro atoms. The molecule has 0 saturated heterocycles. The second kappa shape index (κ2) is 9.28. The number of rotatable bonds is 7. The van der Waals surface area contributed by atoms with Gasteiger partial charge in [0, 0.05) is 41.8 Å². The van der Waals surface area contributed by atoms with Crippen molar-refractivity contribution in [3.63, 3.8) is 0 Å². The lowest BCUT2D eigenvalue weighted by molar-refractivity contribution is -0.117. The van der Waals surface area contributed by atoms with Gasteiger partial charge in [0.05, 0.1) is 20.0 Å². The van der Waals surface area contributed by atoms with Crippen molar-refractivity contribution in [3.05, 3.63) is 72.5 Å². The van der Waals surface area contributed by atoms with Crippen LogP contribution in [0, 0.1) is 0 Å². The number of fused-ring (bicyclic) bond motifs is 2. The number of hydrogen-bond acceptors (Lipinski definition) is 4. The molecule has 1 aromatic heterocycles. The predicted molar refractivity (Wildman–Crippen MR) is 129 cm³/mol. The van der Waals surface area contributed by atoms with Gasteiger partial charge in [-0.3, -0.25) is 4.79 Å². The fourth-order valence-electron chi connectivity index (χ4n) is 3.96. The Hall–Kier alpha value is -3.57. The van der Waals surface area contributed by atoms with Crippen LogP contribution in [0.1, 0.15) is 19.4 Å². The van der Waals surface area contributed by atoms with Gasteiger partial charge in [0.25, 0.3) is 0 Å². The van der Waals surface area contributed by atoms with Gasteiger partial charge < -0.3 is 19.2 Å². The zero-order valence-corrected chi connectivity index (χ0v) is 18.8. The highest BCUT2D eigenvalue weighted by molar-refractivity contribution is 6.01. The maximum absolute atomic E-state index is 12.4. The molecule has 3 aromatic carbocycles. The number of furan rings is 1. The maximum atomic E-state index is 12.4. The average molecular weight is 430 g/mol. The quantitative estimate of drug-likeness (QED) is 0.376. The molecule has 164 valence electrons. The smallest absolute Gasteiger partial charge is 0.244 e. The molecule has 4 aromatic rings. The molecule has 1 amide bonds. The summed E-state index contributed by atoms with van der Waals surface area (Å²) in [5.41, 5.74) is 4.46. The zero-order valence-electron chi connectivity index (χ0n) is 18.8. The van der Waals surface area contributed by atoms with Crippen molar-refractivity contribution in [2.24, 2.45) is 0 Å². The van der Waals surface area contributed by atoms with Gasteiger partial charge in [-0.25, -0.2) is 0 Å². The van der Waals surface area contributed by atoms with Crippen LogP contribution in [-0.2, 0) is 9.53 Å². The molecule has 0 fully saturated rings. The van der Waals surface area contributed by atoms with Gasteiger partial charge >= 0.3 is 0 Å². The molecule has 4 rings (SSSR count). The lowest BCUT2D eigenvalue weighted by Crippen LogP contribution is -2.34. The van der Waals surface area contributed by atoms with E-state index in [2.05, 4.69) is 35.6 Å². The second-order valence-electron chi connectivity index (χ2n) is 7.95. The Morgan fingerprint density at radius 1 is 1.09 bits per heavy atom. The Morgan fingerprint density at radius 3 is 2.62 bits per heavy atom. The standard InChI is InChI=1S/C27H27NO4/c1-17(11-27(29)28-18(2)15-30-3)22-13-23-24(16-32-26(23)14-25(22)31-4)21-10-9-19-7-5-6-8-20(19)12-21/h5-14,16,18H,15H2,1-4H3,(H,28,29)/b17-11+. The fraction of sp³-hybridized carbons (Fsp3) is 0.222. The Bertz CT molecular complexity index is 1300. The van der Waals surface area contributed by atoms with Crippen LogP contribution in [-0.4, -0.2) is 32.8 Å². The van der Waals surface area contributed by atoms with Crippen LogP contribution in [0.15, 0.2) is 71.4 Å². The highest BCUT2D eigenvalue weighted by Gasteiger charge is 2.15. The minimum atomic E-state index is -0.170. The molecule has 5 nitrogen and oxygen atoms in total. The van der Waals surface area contributed by atoms with Crippen molar-refractivity contribution in [2.75, 3.05) is 20.8 Å². The van der Waals surface area contributed by atoms with Gasteiger partial charge in [-0.1, -0.05) is 36.4 Å². The van der Waals surface area contributed by atoms with Crippen LogP contribution < -0.4 is 10.1 Å². The summed E-state index contributed by atoms with van der Waals surface area (Å²) in [6.45, 7) is 4.26. The number of nitrogens with one attached hydrogen (secondary N) is 1. The number of carbonyl (C=O) groups excluding carboxylic acids is 1. The van der Waals surface area contributed by atoms with Crippen LogP contribution in [0.2, 0.25) is 0 Å². The van der Waals surface area contributed by atoms with Crippen LogP contribution >= 0.6 is 0 Å². The molecule has 1 N–H and O–H groups in total. The first-order valence-electron chi connectivity index (χ1n) is 10.6. The van der Waals surface area contributed by atoms with E-state index in [0.717, 1.165) is 33.2 Å². The topological polar surface area (TPSA) is 60.7 Å². The van der Waals surface area contributed by atoms with Crippen LogP contribution in [0.25, 0.3) is 38.4 Å². The summed E-state index contributed by atoms with van der Waals surface area (Å²) in [4.78, 5) is 12.4. The van der Waals surface area contributed by atoms with Crippen LogP contribution in [0.4, 0.5) is 0 Å². The van der Waals surface area contributed by atoms with Gasteiger partial charge in [-0.2, -0.15) is 0 Å². The number of ether oxygens (including phenoxy) is 2. The maximum Gasteiger partial charge on any atom is 0.244 e. The highest BCUT2D eigenvalue weighted by Crippen LogP contribution is 2.38. The minimum Gasteiger partial charge on any atom is -0.496 e. The largest absolute Gasteiger partial charge is 0.496 e. The highest BCUT2D eigenvalue weighted by atomic mass is 16.5. The van der Waals surface area contributed by atoms with Crippen molar-refractivity contribution in [1.82, 2.24) is 5.32 Å². The molecule has 1 heterocycles. The van der Waals surface area contributed by atoms with Crippen molar-refractivity contribution in [2.45, 2.75) is 19.9 Å². The number of benzene rings is 3. The molecule has 0 aliphatic carbocycles. The molecule has 1 unspecified atom stereocenters. The number of carbonyl (C=O) groups is 1. The molecule has 0 saturated carbocycles. The summed E-state index contributed by atoms with van der Waals surface area (Å²) in [7, 11) is 3.23. The normalized spacial score (nSPS) is 12.8. The summed E-state index contributed by atoms with van der Waals surface area (Å²) in [5.74, 6) is 0.486. The summed E-state index contributed by atoms with van der Waals surface area (Å²) >= 11 is 0. The number of amides is 1. The van der Waals surface area contributed by atoms with E-state index in [0.29, 0.717) is 12.4 Å². The molecule has 32 heavy (non-hydrogen) atoms. The summed E-state index contributed by atoms with van der Waals surface area (Å²) < 4.78 is 16.5. The van der Waals surface area contributed by atoms with E-state index in [9.17, 15) is 4.79 Å². The van der Waals surface area contributed by atoms with Crippen molar-refractivity contribution < 1.29 is 18.7 Å². The third-order valence-electron chi connectivity index (χ3n) is 5.53. The number of hydrogen-bond donors (Lipinski definition) is 1. The summed E-state index contributed by atoms with van der Waals surface area (Å²) in [6, 6.07) is 18.5. The number of allylic oxidation sites excluding steroid dienone is 1. The fourth-order valence-corrected chi connectivity index (χ4v) is 3.96. The van der Waals surface area contributed by atoms with E-state index in [1.165, 1.54) is 10.8 Å². The Morgan fingerprint density at radius 2 is 1.88 bits per heavy atom. The van der Waals surface area contributed by atoms with Gasteiger partial charge in [0.15, 0.2) is 0 Å². The SMILES string of the molecule is COCC(C)NC(=O)/C=C(\C)c1cc2c(-c3ccc4ccccc4c3)coc2cc1OC. The van der Waals surface area contributed by atoms with E-state index >= 15 is 0 Å². The first kappa shape index (κ1) is 21.7. The van der Waals surface area contributed by atoms with E-state index in [4.69, 9.17) is 13.9 Å². The van der Waals surface area contributed by atoms with E-state index in [-0.39, 0.29) is 11.9 Å². The Kier molecular flexibility index (Phi) is 6.28. The van der Waals surface area contributed by atoms with Gasteiger partial charge in [-0.05, 0) is 47.9 Å². The van der Waals surface area contributed by atoms with Crippen molar-refractivity contribution in [3.8, 4) is 16.9 Å². The molecule has 5 heteroatoms. The molecular weight excluding hydrogens is 402 g/mol. The van der Waals surface area contributed by atoms with Gasteiger partial charge in [-0.15, -0.1) is 0 Å². The van der Waals surface area contributed by atoms with E-state index in [1.807, 2.05) is 38.1 Å². The second-order valence-corrected chi connectivity index (χ2v) is 7.95. The number of methoxy groups -OCH3 is 2. The van der Waals surface area contributed by atoms with E-state index < -0.39 is 0 Å². The monoisotopic (exact) mass is 429 g/mol. The Balaban J connectivity index is 1.75. The van der Waals surface area contributed by atoms with Crippen LogP contribution in [0.5, 0.6) is 5.75 Å². The zero-order chi connectivity index (χ0) is 22.7. The Labute approximate surface area is 187 Å². The average Bonchev–Trinajstić information content (AvgIpc) is 3.20. The summed E-state index contributed by atoms with van der Waals surface area (Å²) in [6.07, 6.45) is 3.36. The van der Waals surface area contributed by atoms with Crippen molar-refractivity contribution >= 4 is 33.2 Å². The van der Waals surface area contributed by atoms with Gasteiger partial charge in [0.1, 0.15) is 11.3 Å². The third kappa shape index (κ3) is 4.39. The minimum absolute atomic E-state index is 0.0747. The van der Waals surface area contributed by atoms with Gasteiger partial charge in [0.2, 0.25) is 5.91 Å². The third-order valence-corrected chi connectivity index (χ3v) is 5.53.